The second-order valence-electron chi connectivity index (χ2n) is 26.5. The number of phosphoric ester groups is 1. The number of nitrogens with zero attached hydrogens (tertiary/aromatic N) is 1. The zero-order chi connectivity index (χ0) is 61.4. The Kier molecular flexibility index (Phi) is 62.9. The summed E-state index contributed by atoms with van der Waals surface area (Å²) in [6.45, 7) is 7.07. The molecule has 2 N–H and O–H groups in total. The molecule has 0 rings (SSSR count). The van der Waals surface area contributed by atoms with Gasteiger partial charge in [0.05, 0.1) is 33.8 Å². The van der Waals surface area contributed by atoms with E-state index in [2.05, 4.69) is 56.5 Å². The predicted molar refractivity (Wildman–Crippen MR) is 365 cm³/mol. The van der Waals surface area contributed by atoms with Gasteiger partial charge < -0.3 is 19.4 Å². The lowest BCUT2D eigenvalue weighted by Gasteiger charge is -2.27. The summed E-state index contributed by atoms with van der Waals surface area (Å²) in [6, 6.07) is -0.846. The second kappa shape index (κ2) is 64.2. The minimum Gasteiger partial charge on any atom is -0.456 e. The number of esters is 1. The smallest absolute Gasteiger partial charge is 0.456 e. The van der Waals surface area contributed by atoms with E-state index in [1.165, 1.54) is 283 Å². The second-order valence-corrected chi connectivity index (χ2v) is 27.9. The number of hydrogen-bond donors (Lipinski definition) is 2. The number of quaternary nitrogens is 1. The average molecular weight is 1200 g/mol. The van der Waals surface area contributed by atoms with E-state index in [0.717, 1.165) is 57.8 Å². The van der Waals surface area contributed by atoms with E-state index in [-0.39, 0.29) is 25.1 Å². The van der Waals surface area contributed by atoms with E-state index in [0.29, 0.717) is 23.9 Å². The van der Waals surface area contributed by atoms with Gasteiger partial charge in [0.2, 0.25) is 5.91 Å². The van der Waals surface area contributed by atoms with E-state index in [1.807, 2.05) is 27.2 Å². The van der Waals surface area contributed by atoms with Gasteiger partial charge >= 0.3 is 13.8 Å². The molecule has 0 radical (unpaired) electrons. The zero-order valence-corrected chi connectivity index (χ0v) is 57.8. The van der Waals surface area contributed by atoms with Crippen LogP contribution in [0.25, 0.3) is 0 Å². The SMILES string of the molecule is CCCCCCCC/C=C/CCCCCCCCCCCCCCCC(=O)NC(COP(=O)(O)OCC[N+](C)(C)C)C(/C=C/CCCCCCCCCCCC)OC(=O)CCCCCCCCCCCCCCC/C=C/CCCCCCCC. The van der Waals surface area contributed by atoms with Crippen LogP contribution in [-0.2, 0) is 27.9 Å². The Balaban J connectivity index is 5.01. The van der Waals surface area contributed by atoms with Crippen LogP contribution in [0.2, 0.25) is 0 Å². The molecule has 0 bridgehead atoms. The van der Waals surface area contributed by atoms with Gasteiger partial charge in [0.25, 0.3) is 0 Å². The number of ether oxygens (including phenoxy) is 1. The lowest BCUT2D eigenvalue weighted by molar-refractivity contribution is -0.870. The van der Waals surface area contributed by atoms with Crippen LogP contribution in [0.4, 0.5) is 0 Å². The molecule has 0 aliphatic carbocycles. The molecule has 84 heavy (non-hydrogen) atoms. The molecule has 0 heterocycles. The summed E-state index contributed by atoms with van der Waals surface area (Å²) in [5, 5.41) is 3.08. The molecule has 0 aromatic heterocycles. The lowest BCUT2D eigenvalue weighted by Crippen LogP contribution is -2.47. The molecule has 0 aromatic rings. The van der Waals surface area contributed by atoms with Gasteiger partial charge in [0, 0.05) is 12.8 Å². The summed E-state index contributed by atoms with van der Waals surface area (Å²) in [4.78, 5) is 37.9. The Morgan fingerprint density at radius 1 is 0.405 bits per heavy atom. The summed E-state index contributed by atoms with van der Waals surface area (Å²) in [6.07, 6.45) is 80.2. The van der Waals surface area contributed by atoms with Crippen molar-refractivity contribution in [3.8, 4) is 0 Å². The molecule has 10 heteroatoms. The number of nitrogens with one attached hydrogen (secondary N) is 1. The van der Waals surface area contributed by atoms with Gasteiger partial charge in [-0.25, -0.2) is 4.57 Å². The first-order chi connectivity index (χ1) is 40.9. The highest BCUT2D eigenvalue weighted by Crippen LogP contribution is 2.43. The summed E-state index contributed by atoms with van der Waals surface area (Å²) < 4.78 is 30.9. The molecule has 0 aromatic carbocycles. The first kappa shape index (κ1) is 82.2. The lowest BCUT2D eigenvalue weighted by atomic mass is 10.0. The van der Waals surface area contributed by atoms with Crippen molar-refractivity contribution < 1.29 is 37.3 Å². The number of amides is 1. The Morgan fingerprint density at radius 2 is 0.690 bits per heavy atom. The minimum atomic E-state index is -4.45. The van der Waals surface area contributed by atoms with Crippen molar-refractivity contribution in [2.45, 2.75) is 386 Å². The third kappa shape index (κ3) is 64.7. The topological polar surface area (TPSA) is 111 Å². The van der Waals surface area contributed by atoms with Crippen LogP contribution in [0.5, 0.6) is 0 Å². The van der Waals surface area contributed by atoms with E-state index >= 15 is 0 Å². The van der Waals surface area contributed by atoms with Gasteiger partial charge in [-0.05, 0) is 83.1 Å². The summed E-state index contributed by atoms with van der Waals surface area (Å²) in [5.74, 6) is -0.485. The number of carbonyl (C=O) groups is 2. The Bertz CT molecular complexity index is 1530. The number of hydrogen-bond acceptors (Lipinski definition) is 6. The van der Waals surface area contributed by atoms with Gasteiger partial charge in [-0.1, -0.05) is 314 Å². The minimum absolute atomic E-state index is 0.0430. The van der Waals surface area contributed by atoms with E-state index in [9.17, 15) is 19.0 Å². The molecule has 0 aliphatic rings. The molecule has 0 saturated carbocycles. The average Bonchev–Trinajstić information content (AvgIpc) is 3.64. The molecule has 0 spiro atoms. The largest absolute Gasteiger partial charge is 0.472 e. The standard InChI is InChI=1S/C74H143N2O7P/c1-7-10-13-16-19-22-25-28-30-32-34-36-38-40-42-44-46-48-51-54-57-60-63-66-73(77)75-71(70-82-84(79,80)81-69-68-76(4,5)6)72(65-62-59-56-53-50-27-24-21-18-15-12-9-3)83-74(78)67-64-61-58-55-52-49-47-45-43-41-39-37-35-33-31-29-26-23-20-17-14-11-8-2/h28-31,62,65,71-72H,7-27,32-61,63-64,66-70H2,1-6H3,(H-,75,77,79,80)/p+1/b30-28+,31-29+,65-62+. The van der Waals surface area contributed by atoms with Crippen LogP contribution in [0.3, 0.4) is 0 Å². The van der Waals surface area contributed by atoms with E-state index in [1.54, 1.807) is 0 Å². The fraction of sp³-hybridized carbons (Fsp3) is 0.892. The van der Waals surface area contributed by atoms with Crippen LogP contribution in [0.15, 0.2) is 36.5 Å². The van der Waals surface area contributed by atoms with Crippen LogP contribution >= 0.6 is 7.82 Å². The molecule has 3 atom stereocenters. The quantitative estimate of drug-likeness (QED) is 0.0205. The van der Waals surface area contributed by atoms with Crippen molar-refractivity contribution in [3.05, 3.63) is 36.5 Å². The molecular weight excluding hydrogens is 1060 g/mol. The number of likely N-dealkylation sites (N-methyl/N-ethyl adjacent to an activating group) is 1. The molecule has 0 aliphatic heterocycles. The van der Waals surface area contributed by atoms with Gasteiger partial charge in [-0.2, -0.15) is 0 Å². The normalized spacial score (nSPS) is 13.7. The van der Waals surface area contributed by atoms with Crippen LogP contribution in [0, 0.1) is 0 Å². The number of unbranched alkanes of at least 4 members (excludes halogenated alkanes) is 48. The van der Waals surface area contributed by atoms with Crippen molar-refractivity contribution >= 4 is 19.7 Å². The number of carbonyl (C=O) groups excluding carboxylic acids is 2. The third-order valence-corrected chi connectivity index (χ3v) is 17.8. The van der Waals surface area contributed by atoms with Crippen LogP contribution in [-0.4, -0.2) is 74.3 Å². The number of allylic oxidation sites excluding steroid dienone is 5. The van der Waals surface area contributed by atoms with Crippen molar-refractivity contribution in [1.82, 2.24) is 5.32 Å². The summed E-state index contributed by atoms with van der Waals surface area (Å²) in [5.41, 5.74) is 0. The molecule has 3 unspecified atom stereocenters. The molecular formula is C74H144N2O7P+. The molecule has 0 saturated heterocycles. The maximum atomic E-state index is 13.6. The number of phosphoric acid groups is 1. The molecule has 496 valence electrons. The van der Waals surface area contributed by atoms with Gasteiger partial charge in [0.15, 0.2) is 0 Å². The van der Waals surface area contributed by atoms with Gasteiger partial charge in [0.1, 0.15) is 19.3 Å². The van der Waals surface area contributed by atoms with E-state index in [4.69, 9.17) is 13.8 Å². The Morgan fingerprint density at radius 3 is 1.01 bits per heavy atom. The Labute approximate surface area is 523 Å². The highest BCUT2D eigenvalue weighted by Gasteiger charge is 2.30. The van der Waals surface area contributed by atoms with Crippen molar-refractivity contribution in [3.63, 3.8) is 0 Å². The molecule has 1 amide bonds. The van der Waals surface area contributed by atoms with Crippen molar-refractivity contribution in [1.29, 1.82) is 0 Å². The highest BCUT2D eigenvalue weighted by molar-refractivity contribution is 7.47. The van der Waals surface area contributed by atoms with Gasteiger partial charge in [-0.3, -0.25) is 18.6 Å². The van der Waals surface area contributed by atoms with Gasteiger partial charge in [-0.15, -0.1) is 0 Å². The van der Waals surface area contributed by atoms with Crippen molar-refractivity contribution in [2.24, 2.45) is 0 Å². The predicted octanol–water partition coefficient (Wildman–Crippen LogP) is 23.4. The highest BCUT2D eigenvalue weighted by atomic mass is 31.2. The third-order valence-electron chi connectivity index (χ3n) is 16.8. The first-order valence-corrected chi connectivity index (χ1v) is 38.3. The Hall–Kier alpha value is -1.77. The fourth-order valence-corrected chi connectivity index (χ4v) is 11.8. The maximum Gasteiger partial charge on any atom is 0.472 e. The molecule has 0 fully saturated rings. The van der Waals surface area contributed by atoms with E-state index < -0.39 is 20.0 Å². The van der Waals surface area contributed by atoms with Crippen LogP contribution < -0.4 is 5.32 Å². The maximum absolute atomic E-state index is 13.6. The monoisotopic (exact) mass is 1200 g/mol. The fourth-order valence-electron chi connectivity index (χ4n) is 11.1. The first-order valence-electron chi connectivity index (χ1n) is 36.8. The van der Waals surface area contributed by atoms with Crippen LogP contribution in [0.1, 0.15) is 374 Å². The van der Waals surface area contributed by atoms with Crippen molar-refractivity contribution in [2.75, 3.05) is 40.9 Å². The number of rotatable bonds is 68. The summed E-state index contributed by atoms with van der Waals surface area (Å²) in [7, 11) is 1.51. The zero-order valence-electron chi connectivity index (χ0n) is 56.9. The molecule has 9 nitrogen and oxygen atoms in total. The summed E-state index contributed by atoms with van der Waals surface area (Å²) >= 11 is 0.